The summed E-state index contributed by atoms with van der Waals surface area (Å²) in [6.07, 6.45) is 3.61. The minimum absolute atomic E-state index is 0.0770. The molecule has 3 amide bonds. The zero-order valence-electron chi connectivity index (χ0n) is 24.3. The summed E-state index contributed by atoms with van der Waals surface area (Å²) in [5.41, 5.74) is 23.9. The second-order valence-electron chi connectivity index (χ2n) is 10.6. The van der Waals surface area contributed by atoms with Crippen LogP contribution in [0.1, 0.15) is 51.5 Å². The first-order valence-electron chi connectivity index (χ1n) is 14.1. The number of nitrogens with one attached hydrogen (secondary N) is 4. The Kier molecular flexibility index (Phi) is 13.7. The molecule has 1 aromatic carbocycles. The molecule has 232 valence electrons. The lowest BCUT2D eigenvalue weighted by Gasteiger charge is -2.26. The molecule has 14 heteroatoms. The maximum absolute atomic E-state index is 13.6. The van der Waals surface area contributed by atoms with Crippen molar-refractivity contribution in [2.24, 2.45) is 33.8 Å². The Morgan fingerprint density at radius 1 is 0.905 bits per heavy atom. The number of aromatic amines is 1. The lowest BCUT2D eigenvalue weighted by atomic mass is 10.0. The number of hydrogen-bond acceptors (Lipinski definition) is 7. The van der Waals surface area contributed by atoms with E-state index in [-0.39, 0.29) is 37.7 Å². The Hall–Kier alpha value is -4.17. The molecule has 0 saturated carbocycles. The molecule has 0 aliphatic heterocycles. The largest absolute Gasteiger partial charge is 0.480 e. The second-order valence-corrected chi connectivity index (χ2v) is 10.6. The highest BCUT2D eigenvalue weighted by Gasteiger charge is 2.31. The first-order chi connectivity index (χ1) is 19.9. The molecule has 13 N–H and O–H groups in total. The number of rotatable bonds is 18. The lowest BCUT2D eigenvalue weighted by Crippen LogP contribution is -2.58. The number of carboxylic acids is 1. The number of aliphatic imine (C=N–C) groups is 1. The third-order valence-corrected chi connectivity index (χ3v) is 6.89. The van der Waals surface area contributed by atoms with Crippen molar-refractivity contribution in [3.05, 3.63) is 36.0 Å². The van der Waals surface area contributed by atoms with Crippen molar-refractivity contribution in [1.82, 2.24) is 20.9 Å². The van der Waals surface area contributed by atoms with Gasteiger partial charge in [-0.2, -0.15) is 0 Å². The van der Waals surface area contributed by atoms with Crippen LogP contribution in [0.5, 0.6) is 0 Å². The van der Waals surface area contributed by atoms with E-state index in [1.807, 2.05) is 24.3 Å². The van der Waals surface area contributed by atoms with Gasteiger partial charge >= 0.3 is 5.97 Å². The van der Waals surface area contributed by atoms with Gasteiger partial charge in [0.2, 0.25) is 17.7 Å². The number of nitrogens with two attached hydrogens (primary N) is 4. The highest BCUT2D eigenvalue weighted by Crippen LogP contribution is 2.19. The highest BCUT2D eigenvalue weighted by atomic mass is 16.4. The maximum Gasteiger partial charge on any atom is 0.326 e. The van der Waals surface area contributed by atoms with Gasteiger partial charge in [-0.25, -0.2) is 4.79 Å². The summed E-state index contributed by atoms with van der Waals surface area (Å²) in [6, 6.07) is 3.37. The Morgan fingerprint density at radius 2 is 1.52 bits per heavy atom. The van der Waals surface area contributed by atoms with E-state index in [4.69, 9.17) is 22.9 Å². The number of amides is 3. The van der Waals surface area contributed by atoms with Gasteiger partial charge in [0.25, 0.3) is 0 Å². The number of carbonyl (C=O) groups is 4. The van der Waals surface area contributed by atoms with Gasteiger partial charge in [0.15, 0.2) is 5.96 Å². The SMILES string of the molecule is CC(C)C(N)C(=O)NC(Cc1c[nH]c2ccccc12)C(=O)NC(CCCCN)C(=O)NC(CCCN=C(N)N)C(=O)O. The van der Waals surface area contributed by atoms with E-state index in [1.54, 1.807) is 20.0 Å². The van der Waals surface area contributed by atoms with Crippen molar-refractivity contribution in [2.75, 3.05) is 13.1 Å². The number of para-hydroxylation sites is 1. The Morgan fingerprint density at radius 3 is 2.17 bits per heavy atom. The number of H-pyrrole nitrogens is 1. The summed E-state index contributed by atoms with van der Waals surface area (Å²) in [7, 11) is 0. The van der Waals surface area contributed by atoms with Gasteiger partial charge in [0.05, 0.1) is 6.04 Å². The highest BCUT2D eigenvalue weighted by molar-refractivity contribution is 5.95. The lowest BCUT2D eigenvalue weighted by molar-refractivity contribution is -0.142. The summed E-state index contributed by atoms with van der Waals surface area (Å²) in [6.45, 7) is 4.18. The third kappa shape index (κ3) is 10.7. The fourth-order valence-corrected chi connectivity index (χ4v) is 4.37. The van der Waals surface area contributed by atoms with E-state index < -0.39 is 47.9 Å². The van der Waals surface area contributed by atoms with E-state index in [0.717, 1.165) is 16.5 Å². The molecular formula is C28H45N9O5. The van der Waals surface area contributed by atoms with E-state index >= 15 is 0 Å². The molecule has 1 heterocycles. The van der Waals surface area contributed by atoms with Crippen LogP contribution in [0.15, 0.2) is 35.5 Å². The smallest absolute Gasteiger partial charge is 0.326 e. The summed E-state index contributed by atoms with van der Waals surface area (Å²) >= 11 is 0. The van der Waals surface area contributed by atoms with E-state index in [9.17, 15) is 24.3 Å². The van der Waals surface area contributed by atoms with Gasteiger partial charge in [-0.05, 0) is 56.2 Å². The van der Waals surface area contributed by atoms with Crippen LogP contribution < -0.4 is 38.9 Å². The van der Waals surface area contributed by atoms with Crippen molar-refractivity contribution in [3.8, 4) is 0 Å². The third-order valence-electron chi connectivity index (χ3n) is 6.89. The topological polar surface area (TPSA) is 257 Å². The van der Waals surface area contributed by atoms with Crippen molar-refractivity contribution in [1.29, 1.82) is 0 Å². The zero-order chi connectivity index (χ0) is 31.2. The minimum Gasteiger partial charge on any atom is -0.480 e. The van der Waals surface area contributed by atoms with Gasteiger partial charge in [-0.3, -0.25) is 19.4 Å². The Labute approximate surface area is 245 Å². The van der Waals surface area contributed by atoms with Crippen LogP contribution in [-0.2, 0) is 25.6 Å². The zero-order valence-corrected chi connectivity index (χ0v) is 24.3. The van der Waals surface area contributed by atoms with Gasteiger partial charge in [-0.15, -0.1) is 0 Å². The standard InChI is InChI=1S/C28H45N9O5/c1-16(2)23(30)26(40)37-22(14-17-15-34-19-9-4-3-8-18(17)19)25(39)35-20(10-5-6-12-29)24(38)36-21(27(41)42)11-7-13-33-28(31)32/h3-4,8-9,15-16,20-23,34H,5-7,10-14,29-30H2,1-2H3,(H,35,39)(H,36,38)(H,37,40)(H,41,42)(H4,31,32,33). The van der Waals surface area contributed by atoms with Gasteiger partial charge < -0.3 is 49.0 Å². The Bertz CT molecular complexity index is 1230. The van der Waals surface area contributed by atoms with Gasteiger partial charge in [-0.1, -0.05) is 32.0 Å². The molecule has 0 spiro atoms. The quantitative estimate of drug-likeness (QED) is 0.0613. The molecule has 0 radical (unpaired) electrons. The van der Waals surface area contributed by atoms with Gasteiger partial charge in [0, 0.05) is 30.1 Å². The summed E-state index contributed by atoms with van der Waals surface area (Å²) in [4.78, 5) is 58.6. The number of unbranched alkanes of at least 4 members (excludes halogenated alkanes) is 1. The number of benzene rings is 1. The average molecular weight is 588 g/mol. The number of aliphatic carboxylic acids is 1. The fraction of sp³-hybridized carbons (Fsp3) is 0.536. The molecule has 2 aromatic rings. The van der Waals surface area contributed by atoms with Crippen molar-refractivity contribution in [3.63, 3.8) is 0 Å². The van der Waals surface area contributed by atoms with E-state index in [0.29, 0.717) is 25.8 Å². The van der Waals surface area contributed by atoms with Crippen LogP contribution in [-0.4, -0.2) is 77.0 Å². The molecular weight excluding hydrogens is 542 g/mol. The molecule has 4 unspecified atom stereocenters. The predicted molar refractivity (Wildman–Crippen MR) is 161 cm³/mol. The van der Waals surface area contributed by atoms with Crippen molar-refractivity contribution in [2.45, 2.75) is 76.5 Å². The summed E-state index contributed by atoms with van der Waals surface area (Å²) in [5.74, 6) is -3.27. The second kappa shape index (κ2) is 16.9. The van der Waals surface area contributed by atoms with Crippen molar-refractivity contribution >= 4 is 40.6 Å². The van der Waals surface area contributed by atoms with Crippen LogP contribution in [0, 0.1) is 5.92 Å². The van der Waals surface area contributed by atoms with Crippen LogP contribution in [0.25, 0.3) is 10.9 Å². The molecule has 1 aromatic heterocycles. The molecule has 0 aliphatic rings. The fourth-order valence-electron chi connectivity index (χ4n) is 4.37. The van der Waals surface area contributed by atoms with Crippen LogP contribution in [0.3, 0.4) is 0 Å². The molecule has 0 saturated heterocycles. The van der Waals surface area contributed by atoms with Crippen molar-refractivity contribution < 1.29 is 24.3 Å². The average Bonchev–Trinajstić information content (AvgIpc) is 3.35. The molecule has 14 nitrogen and oxygen atoms in total. The number of guanidine groups is 1. The molecule has 4 atom stereocenters. The summed E-state index contributed by atoms with van der Waals surface area (Å²) < 4.78 is 0. The van der Waals surface area contributed by atoms with Crippen LogP contribution in [0.4, 0.5) is 0 Å². The number of nitrogens with zero attached hydrogens (tertiary/aromatic N) is 1. The van der Waals surface area contributed by atoms with Crippen LogP contribution in [0.2, 0.25) is 0 Å². The molecule has 0 fully saturated rings. The molecule has 2 rings (SSSR count). The van der Waals surface area contributed by atoms with Crippen LogP contribution >= 0.6 is 0 Å². The minimum atomic E-state index is -1.23. The molecule has 42 heavy (non-hydrogen) atoms. The van der Waals surface area contributed by atoms with E-state index in [2.05, 4.69) is 25.9 Å². The number of fused-ring (bicyclic) bond motifs is 1. The number of carboxylic acid groups (broad SMARTS) is 1. The number of aromatic nitrogens is 1. The van der Waals surface area contributed by atoms with E-state index in [1.165, 1.54) is 0 Å². The van der Waals surface area contributed by atoms with Gasteiger partial charge in [0.1, 0.15) is 18.1 Å². The monoisotopic (exact) mass is 587 g/mol. The normalized spacial score (nSPS) is 14.0. The Balaban J connectivity index is 2.26. The first-order valence-corrected chi connectivity index (χ1v) is 14.1. The molecule has 0 aliphatic carbocycles. The number of carbonyl (C=O) groups excluding carboxylic acids is 3. The predicted octanol–water partition coefficient (Wildman–Crippen LogP) is -0.585. The summed E-state index contributed by atoms with van der Waals surface area (Å²) in [5, 5.41) is 18.5. The number of hydrogen-bond donors (Lipinski definition) is 9. The first kappa shape index (κ1) is 34.0. The maximum atomic E-state index is 13.6. The molecule has 0 bridgehead atoms.